The van der Waals surface area contributed by atoms with Crippen LogP contribution in [0.25, 0.3) is 0 Å². The van der Waals surface area contributed by atoms with Crippen molar-refractivity contribution >= 4 is 29.5 Å². The molecule has 1 atom stereocenters. The highest BCUT2D eigenvalue weighted by Gasteiger charge is 2.38. The highest BCUT2D eigenvalue weighted by molar-refractivity contribution is 6.04. The number of nitrogen functional groups attached to an aromatic ring is 1. The maximum atomic E-state index is 12.5. The van der Waals surface area contributed by atoms with Gasteiger partial charge in [0.15, 0.2) is 12.4 Å². The van der Waals surface area contributed by atoms with Crippen LogP contribution in [0.5, 0.6) is 5.75 Å². The standard InChI is InChI=1S/C19H19N3O6.C2HF3O2/c20-18(21)12-1-3-13(4-2-12)19(27)22-15(9-23)17(26)11-5-7-14(8-6-11)28-10-16(24)25;3-2(4,5)1(6)7/h1-8,15,23H,9-10H2,(H3,20,21)(H,22,27)(H,24,25);(H,6,7)/t15-;/m0./s1. The van der Waals surface area contributed by atoms with Crippen LogP contribution in [0.3, 0.4) is 0 Å². The molecule has 2 aromatic rings. The molecule has 2 aromatic carbocycles. The third-order valence-corrected chi connectivity index (χ3v) is 4.01. The summed E-state index contributed by atoms with van der Waals surface area (Å²) in [4.78, 5) is 44.2. The molecule has 35 heavy (non-hydrogen) atoms. The predicted molar refractivity (Wildman–Crippen MR) is 113 cm³/mol. The Kier molecular flexibility index (Phi) is 10.4. The molecule has 0 spiro atoms. The van der Waals surface area contributed by atoms with Gasteiger partial charge in [0.25, 0.3) is 5.91 Å². The van der Waals surface area contributed by atoms with E-state index in [1.807, 2.05) is 0 Å². The summed E-state index contributed by atoms with van der Waals surface area (Å²) in [5.74, 6) is -4.82. The van der Waals surface area contributed by atoms with Crippen molar-refractivity contribution in [3.63, 3.8) is 0 Å². The van der Waals surface area contributed by atoms with E-state index in [1.165, 1.54) is 48.5 Å². The number of ketones is 1. The van der Waals surface area contributed by atoms with E-state index in [4.69, 9.17) is 30.9 Å². The molecule has 0 unspecified atom stereocenters. The molecule has 0 saturated carbocycles. The van der Waals surface area contributed by atoms with Gasteiger partial charge in [-0.05, 0) is 36.4 Å². The van der Waals surface area contributed by atoms with E-state index in [-0.39, 0.29) is 22.7 Å². The summed E-state index contributed by atoms with van der Waals surface area (Å²) >= 11 is 0. The maximum Gasteiger partial charge on any atom is 0.490 e. The van der Waals surface area contributed by atoms with E-state index >= 15 is 0 Å². The Labute approximate surface area is 195 Å². The van der Waals surface area contributed by atoms with E-state index in [0.717, 1.165) is 0 Å². The molecule has 2 rings (SSSR count). The topological polar surface area (TPSA) is 200 Å². The van der Waals surface area contributed by atoms with Gasteiger partial charge in [-0.3, -0.25) is 15.0 Å². The number of amidine groups is 1. The Balaban J connectivity index is 0.000000762. The number of hydrogen-bond donors (Lipinski definition) is 6. The molecule has 188 valence electrons. The van der Waals surface area contributed by atoms with Crippen molar-refractivity contribution in [2.75, 3.05) is 13.2 Å². The number of aliphatic carboxylic acids is 2. The largest absolute Gasteiger partial charge is 0.490 e. The van der Waals surface area contributed by atoms with Crippen molar-refractivity contribution in [2.45, 2.75) is 12.2 Å². The van der Waals surface area contributed by atoms with Gasteiger partial charge in [0, 0.05) is 16.7 Å². The van der Waals surface area contributed by atoms with E-state index in [1.54, 1.807) is 0 Å². The Morgan fingerprint density at radius 3 is 1.80 bits per heavy atom. The first-order valence-electron chi connectivity index (χ1n) is 9.41. The highest BCUT2D eigenvalue weighted by Crippen LogP contribution is 2.14. The summed E-state index contributed by atoms with van der Waals surface area (Å²) in [5.41, 5.74) is 6.27. The van der Waals surface area contributed by atoms with Gasteiger partial charge in [0.05, 0.1) is 6.61 Å². The number of benzene rings is 2. The fourth-order valence-electron chi connectivity index (χ4n) is 2.30. The van der Waals surface area contributed by atoms with E-state index in [9.17, 15) is 32.7 Å². The normalized spacial score (nSPS) is 11.3. The third kappa shape index (κ3) is 9.51. The lowest BCUT2D eigenvalue weighted by Crippen LogP contribution is -2.43. The molecular weight excluding hydrogens is 479 g/mol. The minimum absolute atomic E-state index is 0.133. The number of hydrogen-bond acceptors (Lipinski definition) is 7. The van der Waals surface area contributed by atoms with Crippen LogP contribution in [-0.4, -0.2) is 70.2 Å². The van der Waals surface area contributed by atoms with Crippen molar-refractivity contribution in [1.29, 1.82) is 5.41 Å². The molecule has 0 bridgehead atoms. The monoisotopic (exact) mass is 499 g/mol. The van der Waals surface area contributed by atoms with Gasteiger partial charge in [-0.2, -0.15) is 13.2 Å². The number of ether oxygens (including phenoxy) is 1. The van der Waals surface area contributed by atoms with Gasteiger partial charge < -0.3 is 31.1 Å². The first-order valence-corrected chi connectivity index (χ1v) is 9.41. The molecule has 0 aromatic heterocycles. The lowest BCUT2D eigenvalue weighted by Gasteiger charge is -2.16. The Bertz CT molecular complexity index is 1070. The van der Waals surface area contributed by atoms with Crippen molar-refractivity contribution in [3.8, 4) is 5.75 Å². The van der Waals surface area contributed by atoms with Crippen LogP contribution in [-0.2, 0) is 9.59 Å². The van der Waals surface area contributed by atoms with E-state index < -0.39 is 49.1 Å². The summed E-state index contributed by atoms with van der Waals surface area (Å²) in [7, 11) is 0. The molecule has 7 N–H and O–H groups in total. The lowest BCUT2D eigenvalue weighted by molar-refractivity contribution is -0.192. The van der Waals surface area contributed by atoms with Crippen LogP contribution in [0.2, 0.25) is 0 Å². The van der Waals surface area contributed by atoms with Crippen molar-refractivity contribution in [2.24, 2.45) is 5.73 Å². The molecule has 0 aliphatic heterocycles. The number of alkyl halides is 3. The number of Topliss-reactive ketones (excluding diaryl/α,β-unsaturated/α-hetero) is 1. The fourth-order valence-corrected chi connectivity index (χ4v) is 2.30. The maximum absolute atomic E-state index is 12.5. The molecular formula is C21H20F3N3O8. The first kappa shape index (κ1) is 28.6. The lowest BCUT2D eigenvalue weighted by atomic mass is 10.0. The number of carboxylic acid groups (broad SMARTS) is 2. The summed E-state index contributed by atoms with van der Waals surface area (Å²) in [6.45, 7) is -1.11. The third-order valence-electron chi connectivity index (χ3n) is 4.01. The zero-order valence-corrected chi connectivity index (χ0v) is 17.7. The molecule has 0 fully saturated rings. The SMILES string of the molecule is N=C(N)c1ccc(C(=O)N[C@@H](CO)C(=O)c2ccc(OCC(=O)O)cc2)cc1.O=C(O)C(F)(F)F. The number of carbonyl (C=O) groups excluding carboxylic acids is 2. The number of aliphatic hydroxyl groups excluding tert-OH is 1. The van der Waals surface area contributed by atoms with Gasteiger partial charge in [-0.1, -0.05) is 12.1 Å². The second kappa shape index (κ2) is 12.7. The minimum atomic E-state index is -5.08. The molecule has 11 nitrogen and oxygen atoms in total. The zero-order chi connectivity index (χ0) is 26.8. The zero-order valence-electron chi connectivity index (χ0n) is 17.7. The number of aliphatic hydroxyl groups is 1. The Hall–Kier alpha value is -4.46. The van der Waals surface area contributed by atoms with Gasteiger partial charge >= 0.3 is 18.1 Å². The van der Waals surface area contributed by atoms with Crippen LogP contribution in [0.15, 0.2) is 48.5 Å². The second-order valence-corrected chi connectivity index (χ2v) is 6.57. The molecule has 14 heteroatoms. The Morgan fingerprint density at radius 2 is 1.40 bits per heavy atom. The van der Waals surface area contributed by atoms with E-state index in [0.29, 0.717) is 5.56 Å². The number of carbonyl (C=O) groups is 4. The van der Waals surface area contributed by atoms with Gasteiger partial charge in [0.1, 0.15) is 17.6 Å². The second-order valence-electron chi connectivity index (χ2n) is 6.57. The molecule has 0 aliphatic carbocycles. The average molecular weight is 499 g/mol. The van der Waals surface area contributed by atoms with Crippen LogP contribution >= 0.6 is 0 Å². The molecule has 0 radical (unpaired) electrons. The summed E-state index contributed by atoms with van der Waals surface area (Å²) in [6.07, 6.45) is -5.08. The molecule has 0 aliphatic rings. The van der Waals surface area contributed by atoms with Crippen LogP contribution in [0.4, 0.5) is 13.2 Å². The smallest absolute Gasteiger partial charge is 0.482 e. The molecule has 1 amide bonds. The van der Waals surface area contributed by atoms with Gasteiger partial charge in [-0.25, -0.2) is 9.59 Å². The molecule has 0 heterocycles. The predicted octanol–water partition coefficient (Wildman–Crippen LogP) is 1.04. The van der Waals surface area contributed by atoms with E-state index in [2.05, 4.69) is 5.32 Å². The number of rotatable bonds is 9. The van der Waals surface area contributed by atoms with Crippen LogP contribution < -0.4 is 15.8 Å². The average Bonchev–Trinajstić information content (AvgIpc) is 2.80. The number of nitrogens with two attached hydrogens (primary N) is 1. The van der Waals surface area contributed by atoms with Crippen molar-refractivity contribution in [1.82, 2.24) is 5.32 Å². The number of carboxylic acids is 2. The number of halogens is 3. The van der Waals surface area contributed by atoms with Gasteiger partial charge in [-0.15, -0.1) is 0 Å². The number of nitrogens with one attached hydrogen (secondary N) is 2. The van der Waals surface area contributed by atoms with Crippen LogP contribution in [0, 0.1) is 5.41 Å². The number of amides is 1. The fraction of sp³-hybridized carbons (Fsp3) is 0.190. The summed E-state index contributed by atoms with van der Waals surface area (Å²) in [6, 6.07) is 10.4. The molecule has 0 saturated heterocycles. The summed E-state index contributed by atoms with van der Waals surface area (Å²) < 4.78 is 36.7. The quantitative estimate of drug-likeness (QED) is 0.166. The van der Waals surface area contributed by atoms with Crippen LogP contribution in [0.1, 0.15) is 26.3 Å². The van der Waals surface area contributed by atoms with Gasteiger partial charge in [0.2, 0.25) is 0 Å². The highest BCUT2D eigenvalue weighted by atomic mass is 19.4. The van der Waals surface area contributed by atoms with Crippen molar-refractivity contribution < 1.29 is 52.4 Å². The Morgan fingerprint density at radius 1 is 0.943 bits per heavy atom. The minimum Gasteiger partial charge on any atom is -0.482 e. The van der Waals surface area contributed by atoms with Crippen molar-refractivity contribution in [3.05, 3.63) is 65.2 Å². The summed E-state index contributed by atoms with van der Waals surface area (Å²) in [5, 5.41) is 35.0. The first-order chi connectivity index (χ1) is 16.3.